The monoisotopic (exact) mass is 315 g/mol. The second-order valence-electron chi connectivity index (χ2n) is 5.89. The van der Waals surface area contributed by atoms with E-state index >= 15 is 0 Å². The average molecular weight is 315 g/mol. The molecular weight excluding hydrogens is 294 g/mol. The van der Waals surface area contributed by atoms with E-state index in [1.807, 2.05) is 18.7 Å². The molecule has 0 aromatic carbocycles. The Labute approximate surface area is 135 Å². The number of amides is 1. The first kappa shape index (κ1) is 15.6. The Morgan fingerprint density at radius 2 is 2.13 bits per heavy atom. The lowest BCUT2D eigenvalue weighted by molar-refractivity contribution is -0.132. The fourth-order valence-corrected chi connectivity index (χ4v) is 2.80. The molecule has 0 radical (unpaired) electrons. The molecule has 1 saturated heterocycles. The highest BCUT2D eigenvalue weighted by Gasteiger charge is 2.28. The highest BCUT2D eigenvalue weighted by Crippen LogP contribution is 2.28. The zero-order valence-corrected chi connectivity index (χ0v) is 13.5. The third-order valence-corrected chi connectivity index (χ3v) is 4.06. The van der Waals surface area contributed by atoms with Crippen LogP contribution in [0.15, 0.2) is 16.8 Å². The van der Waals surface area contributed by atoms with Gasteiger partial charge in [-0.3, -0.25) is 4.79 Å². The number of carbonyl (C=O) groups excluding carboxylic acids is 1. The van der Waals surface area contributed by atoms with Crippen molar-refractivity contribution < 1.29 is 9.21 Å². The molecule has 7 heteroatoms. The first-order valence-electron chi connectivity index (χ1n) is 8.07. The topological polar surface area (TPSA) is 85.0 Å². The van der Waals surface area contributed by atoms with Gasteiger partial charge in [-0.15, -0.1) is 10.2 Å². The SMILES string of the molecule is CCCC(=O)N1CCCC(c2nnc(-c3cnc(C)nc3)o2)C1. The summed E-state index contributed by atoms with van der Waals surface area (Å²) in [5, 5.41) is 8.27. The van der Waals surface area contributed by atoms with Crippen molar-refractivity contribution in [2.45, 2.75) is 45.4 Å². The fraction of sp³-hybridized carbons (Fsp3) is 0.562. The summed E-state index contributed by atoms with van der Waals surface area (Å²) in [5.41, 5.74) is 0.712. The van der Waals surface area contributed by atoms with Gasteiger partial charge in [-0.2, -0.15) is 0 Å². The number of aromatic nitrogens is 4. The molecule has 1 fully saturated rings. The summed E-state index contributed by atoms with van der Waals surface area (Å²) in [6.45, 7) is 5.33. The Hall–Kier alpha value is -2.31. The maximum Gasteiger partial charge on any atom is 0.250 e. The highest BCUT2D eigenvalue weighted by atomic mass is 16.4. The Balaban J connectivity index is 1.72. The minimum Gasteiger partial charge on any atom is -0.420 e. The zero-order chi connectivity index (χ0) is 16.2. The Kier molecular flexibility index (Phi) is 4.64. The van der Waals surface area contributed by atoms with Crippen LogP contribution in [-0.2, 0) is 4.79 Å². The summed E-state index contributed by atoms with van der Waals surface area (Å²) < 4.78 is 5.80. The summed E-state index contributed by atoms with van der Waals surface area (Å²) >= 11 is 0. The highest BCUT2D eigenvalue weighted by molar-refractivity contribution is 5.76. The van der Waals surface area contributed by atoms with E-state index in [-0.39, 0.29) is 11.8 Å². The van der Waals surface area contributed by atoms with Crippen molar-refractivity contribution in [3.63, 3.8) is 0 Å². The Morgan fingerprint density at radius 3 is 2.87 bits per heavy atom. The van der Waals surface area contributed by atoms with Gasteiger partial charge in [0.05, 0.1) is 11.5 Å². The predicted octanol–water partition coefficient (Wildman–Crippen LogP) is 2.34. The molecule has 122 valence electrons. The van der Waals surface area contributed by atoms with Crippen LogP contribution in [0, 0.1) is 6.92 Å². The third kappa shape index (κ3) is 3.55. The van der Waals surface area contributed by atoms with E-state index in [4.69, 9.17) is 4.42 Å². The molecule has 0 saturated carbocycles. The molecule has 1 amide bonds. The maximum atomic E-state index is 12.1. The second-order valence-corrected chi connectivity index (χ2v) is 5.89. The molecule has 23 heavy (non-hydrogen) atoms. The zero-order valence-electron chi connectivity index (χ0n) is 13.5. The van der Waals surface area contributed by atoms with Crippen LogP contribution in [0.5, 0.6) is 0 Å². The summed E-state index contributed by atoms with van der Waals surface area (Å²) in [4.78, 5) is 22.3. The number of hydrogen-bond acceptors (Lipinski definition) is 6. The van der Waals surface area contributed by atoms with E-state index in [0.29, 0.717) is 36.1 Å². The van der Waals surface area contributed by atoms with Crippen LogP contribution in [0.1, 0.15) is 50.2 Å². The van der Waals surface area contributed by atoms with Crippen LogP contribution >= 0.6 is 0 Å². The first-order chi connectivity index (χ1) is 11.2. The second kappa shape index (κ2) is 6.85. The fourth-order valence-electron chi connectivity index (χ4n) is 2.80. The third-order valence-electron chi connectivity index (χ3n) is 4.06. The van der Waals surface area contributed by atoms with Crippen molar-refractivity contribution in [2.24, 2.45) is 0 Å². The van der Waals surface area contributed by atoms with Gasteiger partial charge >= 0.3 is 0 Å². The number of likely N-dealkylation sites (tertiary alicyclic amines) is 1. The lowest BCUT2D eigenvalue weighted by Crippen LogP contribution is -2.39. The lowest BCUT2D eigenvalue weighted by atomic mass is 9.97. The number of hydrogen-bond donors (Lipinski definition) is 0. The molecular formula is C16H21N5O2. The molecule has 7 nitrogen and oxygen atoms in total. The molecule has 2 aromatic heterocycles. The van der Waals surface area contributed by atoms with Gasteiger partial charge in [0.1, 0.15) is 5.82 Å². The van der Waals surface area contributed by atoms with Gasteiger partial charge in [-0.1, -0.05) is 6.92 Å². The van der Waals surface area contributed by atoms with Crippen LogP contribution in [-0.4, -0.2) is 44.1 Å². The van der Waals surface area contributed by atoms with Crippen LogP contribution in [0.3, 0.4) is 0 Å². The van der Waals surface area contributed by atoms with E-state index in [0.717, 1.165) is 25.8 Å². The smallest absolute Gasteiger partial charge is 0.250 e. The average Bonchev–Trinajstić information content (AvgIpc) is 3.06. The minimum atomic E-state index is 0.108. The van der Waals surface area contributed by atoms with Crippen molar-refractivity contribution in [2.75, 3.05) is 13.1 Å². The quantitative estimate of drug-likeness (QED) is 0.861. The van der Waals surface area contributed by atoms with Crippen LogP contribution in [0.4, 0.5) is 0 Å². The molecule has 0 aliphatic carbocycles. The van der Waals surface area contributed by atoms with E-state index in [1.165, 1.54) is 0 Å². The normalized spacial score (nSPS) is 18.2. The van der Waals surface area contributed by atoms with E-state index in [2.05, 4.69) is 20.2 Å². The van der Waals surface area contributed by atoms with Gasteiger partial charge in [0.15, 0.2) is 0 Å². The molecule has 3 heterocycles. The van der Waals surface area contributed by atoms with E-state index < -0.39 is 0 Å². The molecule has 1 aliphatic heterocycles. The Bertz CT molecular complexity index is 667. The lowest BCUT2D eigenvalue weighted by Gasteiger charge is -2.31. The summed E-state index contributed by atoms with van der Waals surface area (Å²) in [7, 11) is 0. The van der Waals surface area contributed by atoms with Gasteiger partial charge in [-0.05, 0) is 26.2 Å². The van der Waals surface area contributed by atoms with Gasteiger partial charge < -0.3 is 9.32 Å². The van der Waals surface area contributed by atoms with Crippen molar-refractivity contribution in [1.29, 1.82) is 0 Å². The molecule has 1 aliphatic rings. The van der Waals surface area contributed by atoms with E-state index in [1.54, 1.807) is 12.4 Å². The molecule has 1 unspecified atom stereocenters. The van der Waals surface area contributed by atoms with Crippen LogP contribution in [0.2, 0.25) is 0 Å². The number of nitrogens with zero attached hydrogens (tertiary/aromatic N) is 5. The van der Waals surface area contributed by atoms with E-state index in [9.17, 15) is 4.79 Å². The molecule has 0 bridgehead atoms. The summed E-state index contributed by atoms with van der Waals surface area (Å²) in [5.74, 6) is 2.04. The number of rotatable bonds is 4. The number of piperidine rings is 1. The molecule has 0 N–H and O–H groups in total. The molecule has 2 aromatic rings. The standard InChI is InChI=1S/C16H21N5O2/c1-3-5-14(22)21-7-4-6-12(10-21)15-19-20-16(23-15)13-8-17-11(2)18-9-13/h8-9,12H,3-7,10H2,1-2H3. The molecule has 1 atom stereocenters. The maximum absolute atomic E-state index is 12.1. The number of carbonyl (C=O) groups is 1. The van der Waals surface area contributed by atoms with Gasteiger partial charge in [0, 0.05) is 31.9 Å². The summed E-state index contributed by atoms with van der Waals surface area (Å²) in [6, 6.07) is 0. The van der Waals surface area contributed by atoms with Gasteiger partial charge in [0.2, 0.25) is 11.8 Å². The first-order valence-corrected chi connectivity index (χ1v) is 8.07. The molecule has 3 rings (SSSR count). The predicted molar refractivity (Wildman–Crippen MR) is 83.5 cm³/mol. The van der Waals surface area contributed by atoms with Gasteiger partial charge in [0.25, 0.3) is 5.89 Å². The van der Waals surface area contributed by atoms with Crippen molar-refractivity contribution in [3.05, 3.63) is 24.1 Å². The van der Waals surface area contributed by atoms with Crippen molar-refractivity contribution >= 4 is 5.91 Å². The van der Waals surface area contributed by atoms with Crippen molar-refractivity contribution in [1.82, 2.24) is 25.1 Å². The van der Waals surface area contributed by atoms with Crippen LogP contribution < -0.4 is 0 Å². The van der Waals surface area contributed by atoms with Crippen LogP contribution in [0.25, 0.3) is 11.5 Å². The van der Waals surface area contributed by atoms with Gasteiger partial charge in [-0.25, -0.2) is 9.97 Å². The molecule has 0 spiro atoms. The largest absolute Gasteiger partial charge is 0.420 e. The summed E-state index contributed by atoms with van der Waals surface area (Å²) in [6.07, 6.45) is 6.75. The number of aryl methyl sites for hydroxylation is 1. The minimum absolute atomic E-state index is 0.108. The van der Waals surface area contributed by atoms with Crippen molar-refractivity contribution in [3.8, 4) is 11.5 Å². The Morgan fingerprint density at radius 1 is 1.35 bits per heavy atom.